The van der Waals surface area contributed by atoms with Crippen molar-refractivity contribution in [2.75, 3.05) is 19.8 Å². The third-order valence-electron chi connectivity index (χ3n) is 3.01. The van der Waals surface area contributed by atoms with Crippen LogP contribution in [-0.4, -0.2) is 31.7 Å². The molecule has 100 valence electrons. The van der Waals surface area contributed by atoms with Gasteiger partial charge in [0.1, 0.15) is 0 Å². The molecule has 1 aliphatic rings. The third-order valence-corrected chi connectivity index (χ3v) is 3.01. The van der Waals surface area contributed by atoms with E-state index in [0.717, 1.165) is 19.3 Å². The summed E-state index contributed by atoms with van der Waals surface area (Å²) in [6.07, 6.45) is 2.59. The van der Waals surface area contributed by atoms with Gasteiger partial charge in [0.05, 0.1) is 0 Å². The van der Waals surface area contributed by atoms with E-state index in [9.17, 15) is 4.79 Å². The van der Waals surface area contributed by atoms with Gasteiger partial charge in [0, 0.05) is 31.7 Å². The van der Waals surface area contributed by atoms with Crippen LogP contribution in [0.4, 0.5) is 0 Å². The molecule has 1 aliphatic heterocycles. The Balaban J connectivity index is 2.22. The van der Waals surface area contributed by atoms with Gasteiger partial charge in [0.2, 0.25) is 5.91 Å². The molecule has 0 radical (unpaired) electrons. The Morgan fingerprint density at radius 3 is 2.53 bits per heavy atom. The van der Waals surface area contributed by atoms with E-state index in [-0.39, 0.29) is 23.3 Å². The first-order valence-electron chi connectivity index (χ1n) is 6.49. The van der Waals surface area contributed by atoms with Crippen LogP contribution in [0.1, 0.15) is 40.0 Å². The first kappa shape index (κ1) is 14.5. The zero-order valence-electron chi connectivity index (χ0n) is 11.3. The summed E-state index contributed by atoms with van der Waals surface area (Å²) in [4.78, 5) is 11.8. The van der Waals surface area contributed by atoms with Crippen molar-refractivity contribution in [2.24, 2.45) is 17.1 Å². The zero-order chi connectivity index (χ0) is 12.9. The summed E-state index contributed by atoms with van der Waals surface area (Å²) < 4.78 is 5.24. The summed E-state index contributed by atoms with van der Waals surface area (Å²) in [6, 6.07) is 0.0405. The lowest BCUT2D eigenvalue weighted by Crippen LogP contribution is -2.42. The summed E-state index contributed by atoms with van der Waals surface area (Å²) in [5.41, 5.74) is 6.21. The highest BCUT2D eigenvalue weighted by Crippen LogP contribution is 2.19. The quantitative estimate of drug-likeness (QED) is 0.781. The normalized spacial score (nSPS) is 20.0. The van der Waals surface area contributed by atoms with Crippen LogP contribution in [0, 0.1) is 11.3 Å². The van der Waals surface area contributed by atoms with Crippen molar-refractivity contribution < 1.29 is 9.53 Å². The summed E-state index contributed by atoms with van der Waals surface area (Å²) in [6.45, 7) is 8.46. The number of ether oxygens (including phenoxy) is 1. The highest BCUT2D eigenvalue weighted by Gasteiger charge is 2.22. The maximum atomic E-state index is 11.8. The van der Waals surface area contributed by atoms with E-state index in [1.807, 2.05) is 0 Å². The first-order valence-corrected chi connectivity index (χ1v) is 6.49. The molecule has 1 heterocycles. The number of rotatable bonds is 4. The number of carbonyl (C=O) groups excluding carboxylic acids is 1. The molecule has 1 amide bonds. The molecule has 0 aromatic heterocycles. The first-order chi connectivity index (χ1) is 7.88. The smallest absolute Gasteiger partial charge is 0.223 e. The molecule has 0 aliphatic carbocycles. The van der Waals surface area contributed by atoms with Crippen molar-refractivity contribution in [2.45, 2.75) is 46.1 Å². The summed E-state index contributed by atoms with van der Waals surface area (Å²) in [5, 5.41) is 2.96. The average molecular weight is 242 g/mol. The van der Waals surface area contributed by atoms with Gasteiger partial charge in [-0.15, -0.1) is 0 Å². The molecule has 4 nitrogen and oxygen atoms in total. The SMILES string of the molecule is CC(C)(C)CC(N)CNC(=O)C1CCOCC1. The Hall–Kier alpha value is -0.610. The van der Waals surface area contributed by atoms with Gasteiger partial charge in [0.25, 0.3) is 0 Å². The van der Waals surface area contributed by atoms with E-state index >= 15 is 0 Å². The van der Waals surface area contributed by atoms with Crippen LogP contribution >= 0.6 is 0 Å². The summed E-state index contributed by atoms with van der Waals surface area (Å²) >= 11 is 0. The second-order valence-corrected chi connectivity index (χ2v) is 6.16. The van der Waals surface area contributed by atoms with Crippen LogP contribution in [0.5, 0.6) is 0 Å². The highest BCUT2D eigenvalue weighted by molar-refractivity contribution is 5.78. The molecule has 0 saturated carbocycles. The number of nitrogens with two attached hydrogens (primary N) is 1. The minimum atomic E-state index is 0.0405. The van der Waals surface area contributed by atoms with Crippen molar-refractivity contribution in [1.82, 2.24) is 5.32 Å². The number of hydrogen-bond donors (Lipinski definition) is 2. The third kappa shape index (κ3) is 6.03. The van der Waals surface area contributed by atoms with Crippen molar-refractivity contribution in [3.05, 3.63) is 0 Å². The minimum Gasteiger partial charge on any atom is -0.381 e. The van der Waals surface area contributed by atoms with E-state index in [4.69, 9.17) is 10.5 Å². The van der Waals surface area contributed by atoms with Crippen LogP contribution in [0.3, 0.4) is 0 Å². The van der Waals surface area contributed by atoms with Gasteiger partial charge in [-0.05, 0) is 24.7 Å². The Morgan fingerprint density at radius 1 is 1.41 bits per heavy atom. The lowest BCUT2D eigenvalue weighted by molar-refractivity contribution is -0.127. The molecule has 0 bridgehead atoms. The molecule has 4 heteroatoms. The van der Waals surface area contributed by atoms with Crippen LogP contribution in [0.2, 0.25) is 0 Å². The zero-order valence-corrected chi connectivity index (χ0v) is 11.3. The van der Waals surface area contributed by atoms with Crippen molar-refractivity contribution >= 4 is 5.91 Å². The van der Waals surface area contributed by atoms with E-state index in [1.165, 1.54) is 0 Å². The van der Waals surface area contributed by atoms with Gasteiger partial charge >= 0.3 is 0 Å². The predicted molar refractivity (Wildman–Crippen MR) is 68.6 cm³/mol. The van der Waals surface area contributed by atoms with Crippen molar-refractivity contribution in [3.8, 4) is 0 Å². The van der Waals surface area contributed by atoms with E-state index in [2.05, 4.69) is 26.1 Å². The summed E-state index contributed by atoms with van der Waals surface area (Å²) in [7, 11) is 0. The number of nitrogens with one attached hydrogen (secondary N) is 1. The van der Waals surface area contributed by atoms with Crippen LogP contribution in [0.15, 0.2) is 0 Å². The van der Waals surface area contributed by atoms with Crippen LogP contribution < -0.4 is 11.1 Å². The Kier molecular flexibility index (Phi) is 5.40. The monoisotopic (exact) mass is 242 g/mol. The standard InChI is InChI=1S/C13H26N2O2/c1-13(2,3)8-11(14)9-15-12(16)10-4-6-17-7-5-10/h10-11H,4-9,14H2,1-3H3,(H,15,16). The van der Waals surface area contributed by atoms with Gasteiger partial charge in [0.15, 0.2) is 0 Å². The number of carbonyl (C=O) groups is 1. The Morgan fingerprint density at radius 2 is 2.00 bits per heavy atom. The van der Waals surface area contributed by atoms with Crippen LogP contribution in [-0.2, 0) is 9.53 Å². The second kappa shape index (κ2) is 6.36. The van der Waals surface area contributed by atoms with Gasteiger partial charge in [-0.1, -0.05) is 20.8 Å². The lowest BCUT2D eigenvalue weighted by atomic mass is 9.88. The van der Waals surface area contributed by atoms with E-state index in [0.29, 0.717) is 19.8 Å². The molecule has 1 saturated heterocycles. The van der Waals surface area contributed by atoms with E-state index in [1.54, 1.807) is 0 Å². The maximum absolute atomic E-state index is 11.8. The fraction of sp³-hybridized carbons (Fsp3) is 0.923. The van der Waals surface area contributed by atoms with Gasteiger partial charge in [-0.25, -0.2) is 0 Å². The molecule has 0 spiro atoms. The molecular weight excluding hydrogens is 216 g/mol. The molecule has 0 aromatic carbocycles. The van der Waals surface area contributed by atoms with E-state index < -0.39 is 0 Å². The van der Waals surface area contributed by atoms with Gasteiger partial charge < -0.3 is 15.8 Å². The maximum Gasteiger partial charge on any atom is 0.223 e. The molecule has 0 aromatic rings. The number of hydrogen-bond acceptors (Lipinski definition) is 3. The molecule has 1 unspecified atom stereocenters. The molecule has 1 fully saturated rings. The molecular formula is C13H26N2O2. The minimum absolute atomic E-state index is 0.0405. The van der Waals surface area contributed by atoms with Gasteiger partial charge in [-0.3, -0.25) is 4.79 Å². The predicted octanol–water partition coefficient (Wildman–Crippen LogP) is 1.29. The molecule has 1 atom stereocenters. The molecule has 3 N–H and O–H groups in total. The average Bonchev–Trinajstić information content (AvgIpc) is 2.25. The largest absolute Gasteiger partial charge is 0.381 e. The van der Waals surface area contributed by atoms with Gasteiger partial charge in [-0.2, -0.15) is 0 Å². The Bertz CT molecular complexity index is 242. The highest BCUT2D eigenvalue weighted by atomic mass is 16.5. The number of amides is 1. The summed E-state index contributed by atoms with van der Waals surface area (Å²) in [5.74, 6) is 0.253. The fourth-order valence-electron chi connectivity index (χ4n) is 2.19. The Labute approximate surface area is 104 Å². The molecule has 17 heavy (non-hydrogen) atoms. The van der Waals surface area contributed by atoms with Crippen molar-refractivity contribution in [1.29, 1.82) is 0 Å². The van der Waals surface area contributed by atoms with Crippen LogP contribution in [0.25, 0.3) is 0 Å². The second-order valence-electron chi connectivity index (χ2n) is 6.16. The fourth-order valence-corrected chi connectivity index (χ4v) is 2.19. The molecule has 1 rings (SSSR count). The lowest BCUT2D eigenvalue weighted by Gasteiger charge is -2.25. The topological polar surface area (TPSA) is 64.3 Å². The van der Waals surface area contributed by atoms with Crippen molar-refractivity contribution in [3.63, 3.8) is 0 Å².